The molecule has 0 radical (unpaired) electrons. The molecule has 9 aromatic rings. The Hall–Kier alpha value is -7.20. The highest BCUT2D eigenvalue weighted by Gasteiger charge is 2.46. The molecule has 1 heterocycles. The standard InChI is InChI=1S/C59H49N3/c60-55(43-22-7-2-8-23-43)39-56(45-25-18-24-44(36-45)42-20-5-1-6-21-42)61-40-41-19-17-30-48(35-41)62-57-34-16-14-32-50(57)52-37-54-51(38-58(52)62)49-31-13-15-33-53(49)59(54,46-26-9-3-10-27-46)47-28-11-4-12-29-47/h1,3-6,9-22,24-39,55,61H,2,7-8,23,40,60H2/b56-39-. The molecule has 3 nitrogen and oxygen atoms in total. The Bertz CT molecular complexity index is 3100. The van der Waals surface area contributed by atoms with Gasteiger partial charge in [0.25, 0.3) is 0 Å². The highest BCUT2D eigenvalue weighted by atomic mass is 15.0. The number of hydrogen-bond donors (Lipinski definition) is 2. The van der Waals surface area contributed by atoms with Crippen LogP contribution in [-0.4, -0.2) is 10.6 Å². The van der Waals surface area contributed by atoms with E-state index in [1.807, 2.05) is 0 Å². The molecule has 0 aliphatic heterocycles. The Labute approximate surface area is 364 Å². The maximum atomic E-state index is 6.96. The van der Waals surface area contributed by atoms with E-state index in [2.05, 4.69) is 222 Å². The third-order valence-electron chi connectivity index (χ3n) is 13.3. The Kier molecular flexibility index (Phi) is 9.75. The number of nitrogens with zero attached hydrogens (tertiary/aromatic N) is 1. The number of para-hydroxylation sites is 1. The van der Waals surface area contributed by atoms with E-state index in [0.717, 1.165) is 29.8 Å². The minimum Gasteiger partial charge on any atom is -0.381 e. The molecule has 2 aliphatic rings. The van der Waals surface area contributed by atoms with Crippen LogP contribution in [0.2, 0.25) is 0 Å². The van der Waals surface area contributed by atoms with Gasteiger partial charge in [0.1, 0.15) is 0 Å². The lowest BCUT2D eigenvalue weighted by molar-refractivity contribution is 0.669. The van der Waals surface area contributed by atoms with Crippen molar-refractivity contribution in [2.24, 2.45) is 5.73 Å². The molecule has 0 fully saturated rings. The fraction of sp³-hybridized carbons (Fsp3) is 0.119. The van der Waals surface area contributed by atoms with Crippen LogP contribution in [0.3, 0.4) is 0 Å². The summed E-state index contributed by atoms with van der Waals surface area (Å²) in [4.78, 5) is 0. The van der Waals surface area contributed by atoms with E-state index < -0.39 is 5.41 Å². The van der Waals surface area contributed by atoms with Crippen molar-refractivity contribution in [3.8, 4) is 27.9 Å². The number of allylic oxidation sites excluding steroid dienone is 1. The molecule has 3 heteroatoms. The topological polar surface area (TPSA) is 43.0 Å². The minimum absolute atomic E-state index is 0.142. The van der Waals surface area contributed by atoms with E-state index in [1.165, 1.54) is 90.3 Å². The van der Waals surface area contributed by atoms with Gasteiger partial charge in [0.2, 0.25) is 0 Å². The summed E-state index contributed by atoms with van der Waals surface area (Å²) >= 11 is 0. The maximum Gasteiger partial charge on any atom is 0.0713 e. The number of aromatic nitrogens is 1. The summed E-state index contributed by atoms with van der Waals surface area (Å²) in [7, 11) is 0. The van der Waals surface area contributed by atoms with Crippen molar-refractivity contribution >= 4 is 27.5 Å². The van der Waals surface area contributed by atoms with Crippen LogP contribution in [0.1, 0.15) is 59.1 Å². The van der Waals surface area contributed by atoms with Crippen molar-refractivity contribution in [1.29, 1.82) is 0 Å². The van der Waals surface area contributed by atoms with Crippen LogP contribution in [0.25, 0.3) is 55.4 Å². The lowest BCUT2D eigenvalue weighted by Crippen LogP contribution is -2.28. The summed E-state index contributed by atoms with van der Waals surface area (Å²) in [5, 5.41) is 6.37. The van der Waals surface area contributed by atoms with E-state index in [4.69, 9.17) is 5.73 Å². The molecule has 11 rings (SSSR count). The summed E-state index contributed by atoms with van der Waals surface area (Å²) in [5.41, 5.74) is 24.9. The van der Waals surface area contributed by atoms with Gasteiger partial charge in [-0.2, -0.15) is 0 Å². The monoisotopic (exact) mass is 799 g/mol. The Morgan fingerprint density at radius 1 is 0.581 bits per heavy atom. The van der Waals surface area contributed by atoms with Gasteiger partial charge in [0.15, 0.2) is 0 Å². The SMILES string of the molecule is NC(/C=C(\NCc1cccc(-n2c3ccccc3c3cc4c(cc32)-c2ccccc2C4(c2ccccc2)c2ccccc2)c1)c1cccc(-c2ccccc2)c1)C1=CCCCC1. The zero-order valence-electron chi connectivity index (χ0n) is 34.8. The van der Waals surface area contributed by atoms with Gasteiger partial charge in [-0.15, -0.1) is 0 Å². The van der Waals surface area contributed by atoms with Gasteiger partial charge in [-0.05, 0) is 124 Å². The second-order valence-corrected chi connectivity index (χ2v) is 16.9. The van der Waals surface area contributed by atoms with Gasteiger partial charge >= 0.3 is 0 Å². The number of nitrogens with two attached hydrogens (primary N) is 1. The van der Waals surface area contributed by atoms with Gasteiger partial charge in [0.05, 0.1) is 16.4 Å². The van der Waals surface area contributed by atoms with Gasteiger partial charge in [-0.3, -0.25) is 0 Å². The predicted octanol–water partition coefficient (Wildman–Crippen LogP) is 13.8. The number of fused-ring (bicyclic) bond motifs is 6. The summed E-state index contributed by atoms with van der Waals surface area (Å²) in [6.07, 6.45) is 9.20. The first-order valence-corrected chi connectivity index (χ1v) is 22.1. The van der Waals surface area contributed by atoms with Crippen molar-refractivity contribution < 1.29 is 0 Å². The third-order valence-corrected chi connectivity index (χ3v) is 13.3. The van der Waals surface area contributed by atoms with Gasteiger partial charge < -0.3 is 15.6 Å². The third kappa shape index (κ3) is 6.49. The fourth-order valence-corrected chi connectivity index (χ4v) is 10.4. The summed E-state index contributed by atoms with van der Waals surface area (Å²) < 4.78 is 2.47. The maximum absolute atomic E-state index is 6.96. The molecule has 62 heavy (non-hydrogen) atoms. The molecule has 0 saturated carbocycles. The number of benzene rings is 8. The quantitative estimate of drug-likeness (QED) is 0.135. The summed E-state index contributed by atoms with van der Waals surface area (Å²) in [5.74, 6) is 0. The smallest absolute Gasteiger partial charge is 0.0713 e. The largest absolute Gasteiger partial charge is 0.381 e. The van der Waals surface area contributed by atoms with E-state index in [9.17, 15) is 0 Å². The van der Waals surface area contributed by atoms with Crippen LogP contribution in [0, 0.1) is 0 Å². The van der Waals surface area contributed by atoms with E-state index in [-0.39, 0.29) is 6.04 Å². The Morgan fingerprint density at radius 3 is 2.05 bits per heavy atom. The van der Waals surface area contributed by atoms with Crippen LogP contribution in [0.4, 0.5) is 0 Å². The first kappa shape index (κ1) is 37.8. The van der Waals surface area contributed by atoms with Crippen molar-refractivity contribution in [1.82, 2.24) is 9.88 Å². The highest BCUT2D eigenvalue weighted by molar-refractivity contribution is 6.12. The van der Waals surface area contributed by atoms with Crippen LogP contribution in [-0.2, 0) is 12.0 Å². The van der Waals surface area contributed by atoms with Crippen molar-refractivity contribution in [3.63, 3.8) is 0 Å². The average Bonchev–Trinajstić information content (AvgIpc) is 3.83. The highest BCUT2D eigenvalue weighted by Crippen LogP contribution is 2.57. The molecular formula is C59H49N3. The first-order chi connectivity index (χ1) is 30.7. The lowest BCUT2D eigenvalue weighted by atomic mass is 9.67. The average molecular weight is 800 g/mol. The van der Waals surface area contributed by atoms with E-state index in [1.54, 1.807) is 0 Å². The van der Waals surface area contributed by atoms with Crippen LogP contribution in [0.15, 0.2) is 218 Å². The molecule has 3 N–H and O–H groups in total. The molecule has 0 amide bonds. The molecule has 1 atom stereocenters. The number of nitrogens with one attached hydrogen (secondary N) is 1. The van der Waals surface area contributed by atoms with Crippen LogP contribution < -0.4 is 11.1 Å². The molecule has 0 saturated heterocycles. The van der Waals surface area contributed by atoms with E-state index in [0.29, 0.717) is 6.54 Å². The molecule has 0 bridgehead atoms. The molecule has 1 unspecified atom stereocenters. The zero-order valence-corrected chi connectivity index (χ0v) is 34.8. The zero-order chi connectivity index (χ0) is 41.5. The molecule has 0 spiro atoms. The molecule has 300 valence electrons. The van der Waals surface area contributed by atoms with Gasteiger partial charge in [-0.1, -0.05) is 175 Å². The van der Waals surface area contributed by atoms with Crippen molar-refractivity contribution in [3.05, 3.63) is 251 Å². The number of hydrogen-bond acceptors (Lipinski definition) is 2. The Morgan fingerprint density at radius 2 is 1.27 bits per heavy atom. The van der Waals surface area contributed by atoms with Crippen molar-refractivity contribution in [2.75, 3.05) is 0 Å². The summed E-state index contributed by atoms with van der Waals surface area (Å²) in [6, 6.07) is 73.3. The molecule has 8 aromatic carbocycles. The number of rotatable bonds is 10. The Balaban J connectivity index is 1.02. The van der Waals surface area contributed by atoms with Gasteiger partial charge in [0, 0.05) is 34.7 Å². The first-order valence-electron chi connectivity index (χ1n) is 22.1. The lowest BCUT2D eigenvalue weighted by Gasteiger charge is -2.33. The van der Waals surface area contributed by atoms with E-state index >= 15 is 0 Å². The minimum atomic E-state index is -0.459. The second kappa shape index (κ2) is 16.0. The molecule has 2 aliphatic carbocycles. The fourth-order valence-electron chi connectivity index (χ4n) is 10.4. The molecule has 1 aromatic heterocycles. The van der Waals surface area contributed by atoms with Crippen molar-refractivity contribution in [2.45, 2.75) is 43.7 Å². The van der Waals surface area contributed by atoms with Crippen LogP contribution >= 0.6 is 0 Å². The van der Waals surface area contributed by atoms with Gasteiger partial charge in [-0.25, -0.2) is 0 Å². The second-order valence-electron chi connectivity index (χ2n) is 16.9. The predicted molar refractivity (Wildman–Crippen MR) is 259 cm³/mol. The van der Waals surface area contributed by atoms with Crippen LogP contribution in [0.5, 0.6) is 0 Å². The molecular weight excluding hydrogens is 751 g/mol. The summed E-state index contributed by atoms with van der Waals surface area (Å²) in [6.45, 7) is 0.650. The normalized spacial score (nSPS) is 14.9.